The molecule has 0 unspecified atom stereocenters. The van der Waals surface area contributed by atoms with Gasteiger partial charge in [0.05, 0.1) is 5.69 Å². The van der Waals surface area contributed by atoms with E-state index in [1.165, 1.54) is 0 Å². The van der Waals surface area contributed by atoms with Crippen molar-refractivity contribution in [3.63, 3.8) is 0 Å². The van der Waals surface area contributed by atoms with E-state index in [0.717, 1.165) is 35.7 Å². The molecule has 4 rings (SSSR count). The number of aromatic nitrogens is 2. The quantitative estimate of drug-likeness (QED) is 0.500. The van der Waals surface area contributed by atoms with Gasteiger partial charge < -0.3 is 24.1 Å². The molecule has 3 heterocycles. The highest BCUT2D eigenvalue weighted by atomic mass is 32.2. The SMILES string of the molecule is Cn1cc(NC(=O)OC(C)(C)C)cc1C(=O)Nc1ccc(-c2cc(C(=O)N3CCSCC3)n(C)c2)cc1. The van der Waals surface area contributed by atoms with Crippen LogP contribution in [0, 0.1) is 0 Å². The first-order valence-corrected chi connectivity index (χ1v) is 13.3. The van der Waals surface area contributed by atoms with Crippen molar-refractivity contribution in [3.05, 3.63) is 60.2 Å². The number of rotatable bonds is 5. The fourth-order valence-corrected chi connectivity index (χ4v) is 4.99. The predicted molar refractivity (Wildman–Crippen MR) is 147 cm³/mol. The second-order valence-corrected chi connectivity index (χ2v) is 11.2. The summed E-state index contributed by atoms with van der Waals surface area (Å²) >= 11 is 1.87. The van der Waals surface area contributed by atoms with Crippen molar-refractivity contribution in [2.24, 2.45) is 14.1 Å². The van der Waals surface area contributed by atoms with Gasteiger partial charge in [-0.05, 0) is 50.6 Å². The van der Waals surface area contributed by atoms with Gasteiger partial charge in [0.1, 0.15) is 17.0 Å². The summed E-state index contributed by atoms with van der Waals surface area (Å²) in [6.07, 6.45) is 3.02. The van der Waals surface area contributed by atoms with E-state index < -0.39 is 11.7 Å². The van der Waals surface area contributed by atoms with E-state index in [2.05, 4.69) is 10.6 Å². The Hall–Kier alpha value is -3.66. The molecule has 9 nitrogen and oxygen atoms in total. The molecule has 0 bridgehead atoms. The minimum absolute atomic E-state index is 0.0565. The summed E-state index contributed by atoms with van der Waals surface area (Å²) in [4.78, 5) is 39.8. The Morgan fingerprint density at radius 1 is 0.838 bits per heavy atom. The summed E-state index contributed by atoms with van der Waals surface area (Å²) in [7, 11) is 3.62. The minimum Gasteiger partial charge on any atom is -0.444 e. The van der Waals surface area contributed by atoms with Gasteiger partial charge in [-0.25, -0.2) is 4.79 Å². The van der Waals surface area contributed by atoms with Gasteiger partial charge in [0.15, 0.2) is 0 Å². The highest BCUT2D eigenvalue weighted by Crippen LogP contribution is 2.25. The van der Waals surface area contributed by atoms with Crippen LogP contribution in [0.15, 0.2) is 48.8 Å². The lowest BCUT2D eigenvalue weighted by Crippen LogP contribution is -2.38. The number of hydrogen-bond acceptors (Lipinski definition) is 5. The Labute approximate surface area is 221 Å². The molecular weight excluding hydrogens is 490 g/mol. The summed E-state index contributed by atoms with van der Waals surface area (Å²) in [6.45, 7) is 6.91. The van der Waals surface area contributed by atoms with E-state index in [0.29, 0.717) is 22.8 Å². The van der Waals surface area contributed by atoms with Crippen LogP contribution in [-0.2, 0) is 18.8 Å². The van der Waals surface area contributed by atoms with Crippen LogP contribution in [-0.4, -0.2) is 62.1 Å². The molecule has 2 N–H and O–H groups in total. The van der Waals surface area contributed by atoms with Gasteiger partial charge in [-0.3, -0.25) is 14.9 Å². The fourth-order valence-electron chi connectivity index (χ4n) is 4.08. The van der Waals surface area contributed by atoms with E-state index in [9.17, 15) is 14.4 Å². The first kappa shape index (κ1) is 26.4. The number of ether oxygens (including phenoxy) is 1. The van der Waals surface area contributed by atoms with E-state index >= 15 is 0 Å². The van der Waals surface area contributed by atoms with Crippen molar-refractivity contribution < 1.29 is 19.1 Å². The van der Waals surface area contributed by atoms with Crippen molar-refractivity contribution in [3.8, 4) is 11.1 Å². The average molecular weight is 524 g/mol. The summed E-state index contributed by atoms with van der Waals surface area (Å²) < 4.78 is 8.77. The van der Waals surface area contributed by atoms with Crippen LogP contribution in [0.5, 0.6) is 0 Å². The van der Waals surface area contributed by atoms with Crippen molar-refractivity contribution in [2.45, 2.75) is 26.4 Å². The molecule has 0 radical (unpaired) electrons. The van der Waals surface area contributed by atoms with Crippen molar-refractivity contribution in [1.29, 1.82) is 0 Å². The predicted octanol–water partition coefficient (Wildman–Crippen LogP) is 4.82. The lowest BCUT2D eigenvalue weighted by atomic mass is 10.1. The zero-order valence-electron chi connectivity index (χ0n) is 21.8. The van der Waals surface area contributed by atoms with Gasteiger partial charge in [0, 0.05) is 62.3 Å². The standard InChI is InChI=1S/C27H33N5O4S/c1-27(2,3)36-26(35)29-21-15-22(31(5)17-21)24(33)28-20-8-6-18(7-9-20)19-14-23(30(4)16-19)25(34)32-10-12-37-13-11-32/h6-9,14-17H,10-13H2,1-5H3,(H,28,33)(H,29,35). The number of thioether (sulfide) groups is 1. The molecule has 1 saturated heterocycles. The van der Waals surface area contributed by atoms with Gasteiger partial charge >= 0.3 is 6.09 Å². The zero-order chi connectivity index (χ0) is 26.7. The van der Waals surface area contributed by atoms with Crippen LogP contribution in [0.4, 0.5) is 16.2 Å². The van der Waals surface area contributed by atoms with Crippen molar-refractivity contribution in [2.75, 3.05) is 35.2 Å². The number of nitrogens with zero attached hydrogens (tertiary/aromatic N) is 3. The van der Waals surface area contributed by atoms with Crippen molar-refractivity contribution >= 4 is 41.0 Å². The maximum Gasteiger partial charge on any atom is 0.412 e. The molecule has 0 spiro atoms. The molecule has 0 aliphatic carbocycles. The van der Waals surface area contributed by atoms with Gasteiger partial charge in [-0.1, -0.05) is 12.1 Å². The summed E-state index contributed by atoms with van der Waals surface area (Å²) in [5.41, 5.74) is 3.43. The molecule has 196 valence electrons. The summed E-state index contributed by atoms with van der Waals surface area (Å²) in [6, 6.07) is 11.0. The van der Waals surface area contributed by atoms with Crippen LogP contribution < -0.4 is 10.6 Å². The summed E-state index contributed by atoms with van der Waals surface area (Å²) in [5, 5.41) is 5.54. The number of carbonyl (C=O) groups excluding carboxylic acids is 3. The number of amides is 3. The number of aryl methyl sites for hydroxylation is 2. The number of hydrogen-bond donors (Lipinski definition) is 2. The van der Waals surface area contributed by atoms with Gasteiger partial charge in [-0.15, -0.1) is 0 Å². The highest BCUT2D eigenvalue weighted by Gasteiger charge is 2.22. The van der Waals surface area contributed by atoms with Gasteiger partial charge in [-0.2, -0.15) is 11.8 Å². The Balaban J connectivity index is 1.41. The first-order valence-electron chi connectivity index (χ1n) is 12.1. The monoisotopic (exact) mass is 523 g/mol. The largest absolute Gasteiger partial charge is 0.444 e. The lowest BCUT2D eigenvalue weighted by molar-refractivity contribution is 0.0635. The second-order valence-electron chi connectivity index (χ2n) is 10.0. The molecule has 1 fully saturated rings. The van der Waals surface area contributed by atoms with Crippen LogP contribution >= 0.6 is 11.8 Å². The molecular formula is C27H33N5O4S. The van der Waals surface area contributed by atoms with E-state index in [1.54, 1.807) is 44.6 Å². The van der Waals surface area contributed by atoms with E-state index in [-0.39, 0.29) is 11.8 Å². The Kier molecular flexibility index (Phi) is 7.68. The molecule has 10 heteroatoms. The van der Waals surface area contributed by atoms with E-state index in [4.69, 9.17) is 4.74 Å². The smallest absolute Gasteiger partial charge is 0.412 e. The number of anilines is 2. The normalized spacial score (nSPS) is 13.8. The number of benzene rings is 1. The molecule has 37 heavy (non-hydrogen) atoms. The molecule has 0 saturated carbocycles. The maximum absolute atomic E-state index is 12.9. The number of carbonyl (C=O) groups is 3. The number of nitrogens with one attached hydrogen (secondary N) is 2. The zero-order valence-corrected chi connectivity index (χ0v) is 22.6. The Bertz CT molecular complexity index is 1300. The van der Waals surface area contributed by atoms with Crippen LogP contribution in [0.25, 0.3) is 11.1 Å². The Morgan fingerprint density at radius 3 is 2.14 bits per heavy atom. The molecule has 1 aliphatic heterocycles. The molecule has 1 aromatic carbocycles. The lowest BCUT2D eigenvalue weighted by Gasteiger charge is -2.26. The first-order chi connectivity index (χ1) is 17.5. The topological polar surface area (TPSA) is 97.6 Å². The molecule has 2 aromatic heterocycles. The molecule has 3 amide bonds. The third kappa shape index (κ3) is 6.56. The van der Waals surface area contributed by atoms with E-state index in [1.807, 2.05) is 64.8 Å². The molecule has 1 aliphatic rings. The van der Waals surface area contributed by atoms with Gasteiger partial charge in [0.25, 0.3) is 11.8 Å². The maximum atomic E-state index is 12.9. The van der Waals surface area contributed by atoms with Crippen molar-refractivity contribution in [1.82, 2.24) is 14.0 Å². The highest BCUT2D eigenvalue weighted by molar-refractivity contribution is 7.99. The third-order valence-corrected chi connectivity index (χ3v) is 6.82. The second kappa shape index (κ2) is 10.8. The molecule has 0 atom stereocenters. The third-order valence-electron chi connectivity index (χ3n) is 5.88. The summed E-state index contributed by atoms with van der Waals surface area (Å²) in [5.74, 6) is 1.70. The Morgan fingerprint density at radius 2 is 1.49 bits per heavy atom. The van der Waals surface area contributed by atoms with Gasteiger partial charge in [0.2, 0.25) is 0 Å². The van der Waals surface area contributed by atoms with Crippen LogP contribution in [0.1, 0.15) is 41.7 Å². The minimum atomic E-state index is -0.616. The van der Waals surface area contributed by atoms with Crippen LogP contribution in [0.2, 0.25) is 0 Å². The van der Waals surface area contributed by atoms with Crippen LogP contribution in [0.3, 0.4) is 0 Å². The fraction of sp³-hybridized carbons (Fsp3) is 0.370. The molecule has 3 aromatic rings. The average Bonchev–Trinajstić information content (AvgIpc) is 3.40.